The molecule has 1 rings (SSSR count). The van der Waals surface area contributed by atoms with Crippen LogP contribution in [-0.4, -0.2) is 26.3 Å². The van der Waals surface area contributed by atoms with Crippen LogP contribution in [0.5, 0.6) is 0 Å². The SMILES string of the molecule is CC(C)CCS(=O)(=O)NC1CCCCCC1N. The Kier molecular flexibility index (Phi) is 5.89. The molecule has 0 spiro atoms. The zero-order chi connectivity index (χ0) is 12.9. The quantitative estimate of drug-likeness (QED) is 0.739. The van der Waals surface area contributed by atoms with Crippen molar-refractivity contribution in [2.24, 2.45) is 11.7 Å². The van der Waals surface area contributed by atoms with Gasteiger partial charge in [-0.15, -0.1) is 0 Å². The number of rotatable bonds is 5. The normalized spacial score (nSPS) is 27.1. The number of sulfonamides is 1. The molecule has 0 heterocycles. The van der Waals surface area contributed by atoms with Crippen LogP contribution in [0.1, 0.15) is 52.4 Å². The van der Waals surface area contributed by atoms with E-state index in [1.807, 2.05) is 13.8 Å². The molecule has 1 aliphatic rings. The van der Waals surface area contributed by atoms with Crippen LogP contribution in [0, 0.1) is 5.92 Å². The number of hydrogen-bond donors (Lipinski definition) is 2. The smallest absolute Gasteiger partial charge is 0.211 e. The Morgan fingerprint density at radius 3 is 2.53 bits per heavy atom. The molecule has 0 radical (unpaired) electrons. The standard InChI is InChI=1S/C12H26N2O2S/c1-10(2)8-9-17(15,16)14-12-7-5-3-4-6-11(12)13/h10-12,14H,3-9,13H2,1-2H3. The van der Waals surface area contributed by atoms with E-state index in [9.17, 15) is 8.42 Å². The molecule has 0 bridgehead atoms. The lowest BCUT2D eigenvalue weighted by Crippen LogP contribution is -2.47. The number of nitrogens with one attached hydrogen (secondary N) is 1. The third kappa shape index (κ3) is 5.84. The molecule has 0 amide bonds. The van der Waals surface area contributed by atoms with Crippen molar-refractivity contribution in [3.63, 3.8) is 0 Å². The van der Waals surface area contributed by atoms with Crippen molar-refractivity contribution in [1.82, 2.24) is 4.72 Å². The zero-order valence-corrected chi connectivity index (χ0v) is 11.8. The summed E-state index contributed by atoms with van der Waals surface area (Å²) in [7, 11) is -3.16. The summed E-state index contributed by atoms with van der Waals surface area (Å²) in [6.07, 6.45) is 5.87. The van der Waals surface area contributed by atoms with Gasteiger partial charge in [0.05, 0.1) is 5.75 Å². The first kappa shape index (κ1) is 14.9. The van der Waals surface area contributed by atoms with Gasteiger partial charge in [0.25, 0.3) is 0 Å². The van der Waals surface area contributed by atoms with Gasteiger partial charge < -0.3 is 5.73 Å². The van der Waals surface area contributed by atoms with Crippen LogP contribution in [0.3, 0.4) is 0 Å². The lowest BCUT2D eigenvalue weighted by atomic mass is 10.1. The van der Waals surface area contributed by atoms with Crippen LogP contribution in [0.2, 0.25) is 0 Å². The van der Waals surface area contributed by atoms with Gasteiger partial charge in [-0.3, -0.25) is 0 Å². The van der Waals surface area contributed by atoms with Crippen LogP contribution < -0.4 is 10.5 Å². The van der Waals surface area contributed by atoms with E-state index in [4.69, 9.17) is 5.73 Å². The van der Waals surface area contributed by atoms with Gasteiger partial charge in [0.15, 0.2) is 0 Å². The largest absolute Gasteiger partial charge is 0.326 e. The van der Waals surface area contributed by atoms with Gasteiger partial charge in [0.1, 0.15) is 0 Å². The highest BCUT2D eigenvalue weighted by Gasteiger charge is 2.24. The van der Waals surface area contributed by atoms with Gasteiger partial charge in [0, 0.05) is 12.1 Å². The second-order valence-corrected chi connectivity index (χ2v) is 7.40. The van der Waals surface area contributed by atoms with Crippen molar-refractivity contribution >= 4 is 10.0 Å². The highest BCUT2D eigenvalue weighted by Crippen LogP contribution is 2.17. The lowest BCUT2D eigenvalue weighted by molar-refractivity contribution is 0.454. The van der Waals surface area contributed by atoms with E-state index < -0.39 is 10.0 Å². The van der Waals surface area contributed by atoms with Gasteiger partial charge in [-0.05, 0) is 25.2 Å². The average Bonchev–Trinajstić information content (AvgIpc) is 2.42. The molecule has 0 saturated heterocycles. The fraction of sp³-hybridized carbons (Fsp3) is 1.00. The molecule has 1 saturated carbocycles. The van der Waals surface area contributed by atoms with Gasteiger partial charge in [-0.25, -0.2) is 13.1 Å². The van der Waals surface area contributed by atoms with Crippen LogP contribution in [-0.2, 0) is 10.0 Å². The summed E-state index contributed by atoms with van der Waals surface area (Å²) in [4.78, 5) is 0. The second-order valence-electron chi connectivity index (χ2n) is 5.53. The second kappa shape index (κ2) is 6.71. The van der Waals surface area contributed by atoms with E-state index in [2.05, 4.69) is 4.72 Å². The fourth-order valence-corrected chi connectivity index (χ4v) is 3.82. The minimum absolute atomic E-state index is 0.0219. The molecule has 5 heteroatoms. The van der Waals surface area contributed by atoms with E-state index >= 15 is 0 Å². The summed E-state index contributed by atoms with van der Waals surface area (Å²) in [6, 6.07) is -0.0824. The minimum atomic E-state index is -3.16. The van der Waals surface area contributed by atoms with Crippen molar-refractivity contribution in [1.29, 1.82) is 0 Å². The summed E-state index contributed by atoms with van der Waals surface area (Å²) in [6.45, 7) is 4.07. The fourth-order valence-electron chi connectivity index (χ4n) is 2.16. The number of nitrogens with two attached hydrogens (primary N) is 1. The van der Waals surface area contributed by atoms with E-state index in [0.717, 1.165) is 32.1 Å². The molecule has 2 unspecified atom stereocenters. The first-order chi connectivity index (χ1) is 7.91. The van der Waals surface area contributed by atoms with E-state index in [1.165, 1.54) is 0 Å². The lowest BCUT2D eigenvalue weighted by Gasteiger charge is -2.22. The summed E-state index contributed by atoms with van der Waals surface area (Å²) in [5.41, 5.74) is 6.02. The topological polar surface area (TPSA) is 72.2 Å². The maximum absolute atomic E-state index is 11.9. The Balaban J connectivity index is 2.50. The molecule has 1 fully saturated rings. The van der Waals surface area contributed by atoms with Crippen molar-refractivity contribution in [3.05, 3.63) is 0 Å². The Morgan fingerprint density at radius 1 is 1.24 bits per heavy atom. The monoisotopic (exact) mass is 262 g/mol. The Bertz CT molecular complexity index is 314. The molecule has 102 valence electrons. The molecule has 17 heavy (non-hydrogen) atoms. The van der Waals surface area contributed by atoms with Gasteiger partial charge in [-0.2, -0.15) is 0 Å². The van der Waals surface area contributed by atoms with E-state index in [1.54, 1.807) is 0 Å². The predicted octanol–water partition coefficient (Wildman–Crippen LogP) is 1.61. The number of hydrogen-bond acceptors (Lipinski definition) is 3. The molecule has 4 nitrogen and oxygen atoms in total. The molecular formula is C12H26N2O2S. The van der Waals surface area contributed by atoms with Crippen LogP contribution in [0.15, 0.2) is 0 Å². The molecule has 1 aliphatic carbocycles. The van der Waals surface area contributed by atoms with Gasteiger partial charge in [0.2, 0.25) is 10.0 Å². The Morgan fingerprint density at radius 2 is 1.88 bits per heavy atom. The molecule has 2 atom stereocenters. The highest BCUT2D eigenvalue weighted by atomic mass is 32.2. The van der Waals surface area contributed by atoms with Crippen molar-refractivity contribution < 1.29 is 8.42 Å². The maximum Gasteiger partial charge on any atom is 0.211 e. The predicted molar refractivity (Wildman–Crippen MR) is 71.2 cm³/mol. The molecule has 0 aromatic heterocycles. The van der Waals surface area contributed by atoms with Crippen LogP contribution >= 0.6 is 0 Å². The summed E-state index contributed by atoms with van der Waals surface area (Å²) in [5, 5.41) is 0. The Hall–Kier alpha value is -0.130. The molecule has 0 aromatic carbocycles. The minimum Gasteiger partial charge on any atom is -0.326 e. The van der Waals surface area contributed by atoms with Crippen molar-refractivity contribution in [3.8, 4) is 0 Å². The van der Waals surface area contributed by atoms with Crippen LogP contribution in [0.4, 0.5) is 0 Å². The zero-order valence-electron chi connectivity index (χ0n) is 11.0. The molecule has 3 N–H and O–H groups in total. The molecular weight excluding hydrogens is 236 g/mol. The third-order valence-corrected chi connectivity index (χ3v) is 4.80. The first-order valence-electron chi connectivity index (χ1n) is 6.66. The van der Waals surface area contributed by atoms with Gasteiger partial charge in [-0.1, -0.05) is 33.1 Å². The van der Waals surface area contributed by atoms with Crippen molar-refractivity contribution in [2.45, 2.75) is 64.5 Å². The summed E-state index contributed by atoms with van der Waals surface area (Å²) in [5.74, 6) is 0.628. The maximum atomic E-state index is 11.9. The van der Waals surface area contributed by atoms with Crippen molar-refractivity contribution in [2.75, 3.05) is 5.75 Å². The molecule has 0 aliphatic heterocycles. The summed E-state index contributed by atoms with van der Waals surface area (Å²) >= 11 is 0. The third-order valence-electron chi connectivity index (χ3n) is 3.36. The van der Waals surface area contributed by atoms with Gasteiger partial charge >= 0.3 is 0 Å². The average molecular weight is 262 g/mol. The highest BCUT2D eigenvalue weighted by molar-refractivity contribution is 7.89. The molecule has 0 aromatic rings. The summed E-state index contributed by atoms with van der Waals surface area (Å²) < 4.78 is 26.6. The van der Waals surface area contributed by atoms with Crippen LogP contribution in [0.25, 0.3) is 0 Å². The Labute approximate surface area is 105 Å². The van der Waals surface area contributed by atoms with E-state index in [-0.39, 0.29) is 17.8 Å². The first-order valence-corrected chi connectivity index (χ1v) is 8.31. The van der Waals surface area contributed by atoms with E-state index in [0.29, 0.717) is 12.3 Å².